The molecule has 0 bridgehead atoms. The van der Waals surface area contributed by atoms with Gasteiger partial charge in [-0.3, -0.25) is 0 Å². The van der Waals surface area contributed by atoms with Crippen LogP contribution in [0.3, 0.4) is 0 Å². The summed E-state index contributed by atoms with van der Waals surface area (Å²) in [4.78, 5) is 0. The third-order valence-electron chi connectivity index (χ3n) is 10.3. The molecule has 0 unspecified atom stereocenters. The number of benzene rings is 7. The van der Waals surface area contributed by atoms with Gasteiger partial charge < -0.3 is 4.57 Å². The fraction of sp³-hybridized carbons (Fsp3) is 0.0233. The minimum atomic E-state index is -2.53. The van der Waals surface area contributed by atoms with Crippen molar-refractivity contribution in [3.63, 3.8) is 0 Å². The standard InChI is InChI=1S/C43H29NSi/c1-3-13-31(14-4-1)44-40-20-10-7-17-34(40)39-28-38-30(26-41(39)44)25-29-23-24-33(27-37(29)38)45(32-15-5-2-6-16-32)42-21-11-8-18-35(42)36-19-9-12-22-43(36)45/h1-24,26-28H,25H2. The summed E-state index contributed by atoms with van der Waals surface area (Å²) in [5, 5.41) is 8.52. The minimum Gasteiger partial charge on any atom is -0.309 e. The number of hydrogen-bond donors (Lipinski definition) is 0. The predicted molar refractivity (Wildman–Crippen MR) is 192 cm³/mol. The molecule has 0 amide bonds. The van der Waals surface area contributed by atoms with Crippen LogP contribution in [0.2, 0.25) is 0 Å². The third kappa shape index (κ3) is 3.32. The number of hydrogen-bond acceptors (Lipinski definition) is 0. The Balaban J connectivity index is 1.25. The van der Waals surface area contributed by atoms with Crippen molar-refractivity contribution in [3.05, 3.63) is 175 Å². The summed E-state index contributed by atoms with van der Waals surface area (Å²) in [7, 11) is -2.53. The van der Waals surface area contributed by atoms with Crippen molar-refractivity contribution < 1.29 is 0 Å². The van der Waals surface area contributed by atoms with Gasteiger partial charge in [-0.1, -0.05) is 133 Å². The van der Waals surface area contributed by atoms with E-state index >= 15 is 0 Å². The Hall–Kier alpha value is -5.44. The van der Waals surface area contributed by atoms with Crippen LogP contribution in [-0.4, -0.2) is 12.6 Å². The molecule has 2 heteroatoms. The first kappa shape index (κ1) is 24.9. The van der Waals surface area contributed by atoms with E-state index in [4.69, 9.17) is 0 Å². The maximum atomic E-state index is 2.57. The highest BCUT2D eigenvalue weighted by molar-refractivity contribution is 7.22. The first-order chi connectivity index (χ1) is 22.3. The van der Waals surface area contributed by atoms with Crippen LogP contribution in [-0.2, 0) is 6.42 Å². The zero-order valence-electron chi connectivity index (χ0n) is 24.7. The number of nitrogens with zero attached hydrogens (tertiary/aromatic N) is 1. The summed E-state index contributed by atoms with van der Waals surface area (Å²) in [6.07, 6.45) is 0.963. The second-order valence-electron chi connectivity index (χ2n) is 12.5. The molecule has 1 aliphatic carbocycles. The zero-order valence-corrected chi connectivity index (χ0v) is 25.7. The van der Waals surface area contributed by atoms with Gasteiger partial charge in [-0.05, 0) is 90.9 Å². The van der Waals surface area contributed by atoms with E-state index in [1.54, 1.807) is 0 Å². The molecule has 0 saturated carbocycles. The van der Waals surface area contributed by atoms with Crippen molar-refractivity contribution >= 4 is 50.6 Å². The average Bonchev–Trinajstić information content (AvgIpc) is 3.73. The smallest absolute Gasteiger partial charge is 0.180 e. The Kier molecular flexibility index (Phi) is 5.14. The fourth-order valence-corrected chi connectivity index (χ4v) is 13.6. The SMILES string of the molecule is c1ccc(-n2c3ccccc3c3cc4c(cc32)Cc2ccc([Si]3(c5ccccc5)c5ccccc5-c5ccccc53)cc2-4)cc1. The van der Waals surface area contributed by atoms with Crippen molar-refractivity contribution in [3.8, 4) is 27.9 Å². The third-order valence-corrected chi connectivity index (χ3v) is 15.1. The van der Waals surface area contributed by atoms with Crippen molar-refractivity contribution in [1.82, 2.24) is 4.57 Å². The highest BCUT2D eigenvalue weighted by atomic mass is 28.3. The monoisotopic (exact) mass is 587 g/mol. The van der Waals surface area contributed by atoms with E-state index in [-0.39, 0.29) is 0 Å². The lowest BCUT2D eigenvalue weighted by Crippen LogP contribution is -2.72. The molecule has 2 heterocycles. The van der Waals surface area contributed by atoms with Crippen LogP contribution >= 0.6 is 0 Å². The first-order valence-electron chi connectivity index (χ1n) is 15.8. The summed E-state index contributed by atoms with van der Waals surface area (Å²) in [5.74, 6) is 0. The van der Waals surface area contributed by atoms with E-state index in [0.29, 0.717) is 0 Å². The molecule has 210 valence electrons. The van der Waals surface area contributed by atoms with Crippen LogP contribution in [0.25, 0.3) is 49.7 Å². The van der Waals surface area contributed by atoms with Crippen molar-refractivity contribution in [2.24, 2.45) is 0 Å². The summed E-state index contributed by atoms with van der Waals surface area (Å²) in [5.41, 5.74) is 12.1. The Labute approximate surface area is 263 Å². The molecule has 1 aliphatic heterocycles. The molecule has 0 radical (unpaired) electrons. The van der Waals surface area contributed by atoms with Gasteiger partial charge in [0.05, 0.1) is 11.0 Å². The summed E-state index contributed by atoms with van der Waals surface area (Å²) in [6.45, 7) is 0. The second-order valence-corrected chi connectivity index (χ2v) is 16.2. The molecule has 0 N–H and O–H groups in total. The van der Waals surface area contributed by atoms with E-state index in [9.17, 15) is 0 Å². The van der Waals surface area contributed by atoms with E-state index < -0.39 is 8.07 Å². The van der Waals surface area contributed by atoms with Gasteiger partial charge in [-0.15, -0.1) is 0 Å². The van der Waals surface area contributed by atoms with Crippen LogP contribution in [0.15, 0.2) is 164 Å². The van der Waals surface area contributed by atoms with Crippen molar-refractivity contribution in [2.75, 3.05) is 0 Å². The minimum absolute atomic E-state index is 0.963. The maximum Gasteiger partial charge on any atom is 0.180 e. The number of rotatable bonds is 3. The van der Waals surface area contributed by atoms with Gasteiger partial charge in [0.1, 0.15) is 0 Å². The van der Waals surface area contributed by atoms with Gasteiger partial charge in [0.15, 0.2) is 8.07 Å². The van der Waals surface area contributed by atoms with Crippen LogP contribution in [0, 0.1) is 0 Å². The molecule has 45 heavy (non-hydrogen) atoms. The van der Waals surface area contributed by atoms with E-state index in [1.807, 2.05) is 0 Å². The molecule has 0 saturated heterocycles. The van der Waals surface area contributed by atoms with Gasteiger partial charge in [-0.25, -0.2) is 0 Å². The van der Waals surface area contributed by atoms with Crippen LogP contribution in [0.1, 0.15) is 11.1 Å². The van der Waals surface area contributed by atoms with Gasteiger partial charge in [-0.2, -0.15) is 0 Å². The largest absolute Gasteiger partial charge is 0.309 e. The van der Waals surface area contributed by atoms with Gasteiger partial charge in [0.25, 0.3) is 0 Å². The quantitative estimate of drug-likeness (QED) is 0.187. The van der Waals surface area contributed by atoms with Gasteiger partial charge in [0.2, 0.25) is 0 Å². The Morgan fingerprint density at radius 3 is 1.78 bits per heavy atom. The molecule has 0 fully saturated rings. The molecule has 0 spiro atoms. The maximum absolute atomic E-state index is 2.57. The topological polar surface area (TPSA) is 4.93 Å². The van der Waals surface area contributed by atoms with E-state index in [2.05, 4.69) is 168 Å². The Bertz CT molecular complexity index is 2410. The fourth-order valence-electron chi connectivity index (χ4n) is 8.44. The molecule has 8 aromatic rings. The average molecular weight is 588 g/mol. The summed E-state index contributed by atoms with van der Waals surface area (Å²) < 4.78 is 2.43. The first-order valence-corrected chi connectivity index (χ1v) is 17.8. The van der Waals surface area contributed by atoms with Crippen molar-refractivity contribution in [1.29, 1.82) is 0 Å². The highest BCUT2D eigenvalue weighted by Crippen LogP contribution is 2.42. The molecule has 10 rings (SSSR count). The lowest BCUT2D eigenvalue weighted by atomic mass is 10.0. The molecule has 7 aromatic carbocycles. The molecular formula is C43H29NSi. The van der Waals surface area contributed by atoms with Crippen LogP contribution in [0.5, 0.6) is 0 Å². The lowest BCUT2D eigenvalue weighted by Gasteiger charge is -2.31. The van der Waals surface area contributed by atoms with Gasteiger partial charge in [0, 0.05) is 16.5 Å². The molecule has 0 atom stereocenters. The van der Waals surface area contributed by atoms with Gasteiger partial charge >= 0.3 is 0 Å². The number of fused-ring (bicyclic) bond motifs is 9. The number of aromatic nitrogens is 1. The lowest BCUT2D eigenvalue weighted by molar-refractivity contribution is 1.17. The second kappa shape index (κ2) is 9.28. The molecule has 2 aliphatic rings. The van der Waals surface area contributed by atoms with E-state index in [1.165, 1.54) is 81.6 Å². The number of para-hydroxylation sites is 2. The van der Waals surface area contributed by atoms with Crippen molar-refractivity contribution in [2.45, 2.75) is 6.42 Å². The summed E-state index contributed by atoms with van der Waals surface area (Å²) in [6, 6.07) is 61.7. The van der Waals surface area contributed by atoms with Crippen LogP contribution < -0.4 is 20.7 Å². The molecular weight excluding hydrogens is 559 g/mol. The zero-order chi connectivity index (χ0) is 29.5. The normalized spacial score (nSPS) is 13.9. The predicted octanol–water partition coefficient (Wildman–Crippen LogP) is 7.71. The molecule has 1 aromatic heterocycles. The van der Waals surface area contributed by atoms with Crippen LogP contribution in [0.4, 0.5) is 0 Å². The Morgan fingerprint density at radius 2 is 1.02 bits per heavy atom. The van der Waals surface area contributed by atoms with E-state index in [0.717, 1.165) is 6.42 Å². The highest BCUT2D eigenvalue weighted by Gasteiger charge is 2.48. The summed E-state index contributed by atoms with van der Waals surface area (Å²) >= 11 is 0. The molecule has 1 nitrogen and oxygen atoms in total. The Morgan fingerprint density at radius 1 is 0.400 bits per heavy atom.